The number of ether oxygens (including phenoxy) is 1. The molecular formula is C19H30FN3O2. The Hall–Kier alpha value is -2.11. The summed E-state index contributed by atoms with van der Waals surface area (Å²) in [5.41, 5.74) is 2.10. The molecule has 0 bridgehead atoms. The van der Waals surface area contributed by atoms with Crippen molar-refractivity contribution in [1.29, 1.82) is 0 Å². The monoisotopic (exact) mass is 351 g/mol. The number of rotatable bonds is 10. The molecule has 0 radical (unpaired) electrons. The molecule has 1 aromatic carbocycles. The summed E-state index contributed by atoms with van der Waals surface area (Å²) in [4.78, 5) is 15.6. The van der Waals surface area contributed by atoms with Crippen molar-refractivity contribution in [2.45, 2.75) is 46.0 Å². The Labute approximate surface area is 150 Å². The quantitative estimate of drug-likeness (QED) is 0.294. The van der Waals surface area contributed by atoms with Crippen molar-refractivity contribution in [1.82, 2.24) is 10.6 Å². The molecule has 0 atom stereocenters. The van der Waals surface area contributed by atoms with Crippen LogP contribution in [0.15, 0.2) is 23.2 Å². The Kier molecular flexibility index (Phi) is 10.3. The number of halogens is 1. The molecule has 5 nitrogen and oxygen atoms in total. The lowest BCUT2D eigenvalue weighted by Gasteiger charge is -2.12. The summed E-state index contributed by atoms with van der Waals surface area (Å²) >= 11 is 0. The first kappa shape index (κ1) is 20.9. The number of aryl methyl sites for hydroxylation is 1. The molecule has 0 unspecified atom stereocenters. The summed E-state index contributed by atoms with van der Waals surface area (Å²) < 4.78 is 17.7. The summed E-state index contributed by atoms with van der Waals surface area (Å²) in [7, 11) is 1.41. The van der Waals surface area contributed by atoms with Crippen LogP contribution < -0.4 is 10.6 Å². The van der Waals surface area contributed by atoms with Crippen LogP contribution in [0.1, 0.15) is 43.7 Å². The standard InChI is InChI=1S/C19H30FN3O2/c1-4-21-19(22-12-7-5-6-8-18(24)25-3)23-13-11-16-9-10-17(20)14-15(16)2/h9-10,14H,4-8,11-13H2,1-3H3,(H2,21,22,23). The van der Waals surface area contributed by atoms with Gasteiger partial charge in [-0.3, -0.25) is 9.79 Å². The molecule has 0 aromatic heterocycles. The van der Waals surface area contributed by atoms with E-state index in [-0.39, 0.29) is 11.8 Å². The van der Waals surface area contributed by atoms with E-state index in [1.807, 2.05) is 19.9 Å². The minimum atomic E-state index is -0.198. The van der Waals surface area contributed by atoms with Gasteiger partial charge in [0.2, 0.25) is 0 Å². The van der Waals surface area contributed by atoms with Gasteiger partial charge in [0.1, 0.15) is 5.82 Å². The van der Waals surface area contributed by atoms with E-state index in [1.54, 1.807) is 6.07 Å². The van der Waals surface area contributed by atoms with Gasteiger partial charge in [-0.25, -0.2) is 4.39 Å². The second kappa shape index (κ2) is 12.3. The number of hydrogen-bond acceptors (Lipinski definition) is 3. The van der Waals surface area contributed by atoms with E-state index < -0.39 is 0 Å². The Morgan fingerprint density at radius 1 is 1.24 bits per heavy atom. The molecule has 1 rings (SSSR count). The highest BCUT2D eigenvalue weighted by molar-refractivity contribution is 5.79. The van der Waals surface area contributed by atoms with E-state index in [0.29, 0.717) is 13.0 Å². The third kappa shape index (κ3) is 9.08. The smallest absolute Gasteiger partial charge is 0.305 e. The fourth-order valence-corrected chi connectivity index (χ4v) is 2.45. The van der Waals surface area contributed by atoms with Gasteiger partial charge in [0.25, 0.3) is 0 Å². The second-order valence-corrected chi connectivity index (χ2v) is 5.90. The molecule has 0 aliphatic rings. The maximum absolute atomic E-state index is 13.1. The van der Waals surface area contributed by atoms with Gasteiger partial charge >= 0.3 is 5.97 Å². The van der Waals surface area contributed by atoms with Crippen LogP contribution in [0.2, 0.25) is 0 Å². The number of methoxy groups -OCH3 is 1. The summed E-state index contributed by atoms with van der Waals surface area (Å²) in [6.45, 7) is 6.19. The van der Waals surface area contributed by atoms with E-state index >= 15 is 0 Å². The SMILES string of the molecule is CCNC(=NCCCCCC(=O)OC)NCCc1ccc(F)cc1C. The van der Waals surface area contributed by atoms with Crippen molar-refractivity contribution in [3.8, 4) is 0 Å². The lowest BCUT2D eigenvalue weighted by atomic mass is 10.1. The topological polar surface area (TPSA) is 62.7 Å². The van der Waals surface area contributed by atoms with Gasteiger partial charge < -0.3 is 15.4 Å². The molecule has 0 saturated heterocycles. The van der Waals surface area contributed by atoms with Crippen LogP contribution in [0.4, 0.5) is 4.39 Å². The van der Waals surface area contributed by atoms with E-state index in [2.05, 4.69) is 20.4 Å². The number of hydrogen-bond donors (Lipinski definition) is 2. The number of esters is 1. The number of guanidine groups is 1. The molecule has 0 amide bonds. The molecule has 0 aliphatic heterocycles. The summed E-state index contributed by atoms with van der Waals surface area (Å²) in [5, 5.41) is 6.52. The van der Waals surface area contributed by atoms with Gasteiger partial charge in [-0.15, -0.1) is 0 Å². The first-order chi connectivity index (χ1) is 12.1. The Bertz CT molecular complexity index is 562. The number of benzene rings is 1. The second-order valence-electron chi connectivity index (χ2n) is 5.90. The van der Waals surface area contributed by atoms with Crippen LogP contribution >= 0.6 is 0 Å². The van der Waals surface area contributed by atoms with Gasteiger partial charge in [0, 0.05) is 26.1 Å². The van der Waals surface area contributed by atoms with E-state index in [0.717, 1.165) is 55.9 Å². The average molecular weight is 351 g/mol. The van der Waals surface area contributed by atoms with Crippen LogP contribution in [-0.4, -0.2) is 38.7 Å². The van der Waals surface area contributed by atoms with Crippen LogP contribution in [-0.2, 0) is 16.0 Å². The van der Waals surface area contributed by atoms with E-state index in [9.17, 15) is 9.18 Å². The molecule has 0 spiro atoms. The van der Waals surface area contributed by atoms with Crippen molar-refractivity contribution in [2.24, 2.45) is 4.99 Å². The highest BCUT2D eigenvalue weighted by Crippen LogP contribution is 2.10. The van der Waals surface area contributed by atoms with Gasteiger partial charge in [-0.05, 0) is 56.4 Å². The predicted molar refractivity (Wildman–Crippen MR) is 99.3 cm³/mol. The lowest BCUT2D eigenvalue weighted by molar-refractivity contribution is -0.140. The van der Waals surface area contributed by atoms with Gasteiger partial charge in [-0.1, -0.05) is 12.5 Å². The van der Waals surface area contributed by atoms with Crippen LogP contribution in [0.3, 0.4) is 0 Å². The van der Waals surface area contributed by atoms with Crippen molar-refractivity contribution < 1.29 is 13.9 Å². The molecule has 1 aromatic rings. The zero-order valence-electron chi connectivity index (χ0n) is 15.5. The fourth-order valence-electron chi connectivity index (χ4n) is 2.45. The molecule has 2 N–H and O–H groups in total. The first-order valence-electron chi connectivity index (χ1n) is 8.90. The van der Waals surface area contributed by atoms with Crippen LogP contribution in [0, 0.1) is 12.7 Å². The molecule has 0 saturated carbocycles. The molecule has 6 heteroatoms. The van der Waals surface area contributed by atoms with Crippen molar-refractivity contribution in [2.75, 3.05) is 26.7 Å². The maximum Gasteiger partial charge on any atom is 0.305 e. The van der Waals surface area contributed by atoms with Crippen LogP contribution in [0.5, 0.6) is 0 Å². The van der Waals surface area contributed by atoms with E-state index in [4.69, 9.17) is 0 Å². The number of carbonyl (C=O) groups is 1. The van der Waals surface area contributed by atoms with Crippen molar-refractivity contribution >= 4 is 11.9 Å². The van der Waals surface area contributed by atoms with Gasteiger partial charge in [-0.2, -0.15) is 0 Å². The Morgan fingerprint density at radius 2 is 2.04 bits per heavy atom. The number of aliphatic imine (C=N–C) groups is 1. The molecular weight excluding hydrogens is 321 g/mol. The molecule has 25 heavy (non-hydrogen) atoms. The van der Waals surface area contributed by atoms with Gasteiger partial charge in [0.05, 0.1) is 7.11 Å². The zero-order valence-corrected chi connectivity index (χ0v) is 15.5. The number of nitrogens with zero attached hydrogens (tertiary/aromatic N) is 1. The number of carbonyl (C=O) groups excluding carboxylic acids is 1. The zero-order chi connectivity index (χ0) is 18.5. The average Bonchev–Trinajstić information content (AvgIpc) is 2.59. The Balaban J connectivity index is 2.31. The van der Waals surface area contributed by atoms with Crippen molar-refractivity contribution in [3.63, 3.8) is 0 Å². The Morgan fingerprint density at radius 3 is 2.72 bits per heavy atom. The predicted octanol–water partition coefficient (Wildman–Crippen LogP) is 2.97. The third-order valence-corrected chi connectivity index (χ3v) is 3.87. The van der Waals surface area contributed by atoms with Crippen LogP contribution in [0.25, 0.3) is 0 Å². The minimum absolute atomic E-state index is 0.158. The fraction of sp³-hybridized carbons (Fsp3) is 0.579. The molecule has 0 aliphatic carbocycles. The highest BCUT2D eigenvalue weighted by atomic mass is 19.1. The highest BCUT2D eigenvalue weighted by Gasteiger charge is 2.02. The largest absolute Gasteiger partial charge is 0.469 e. The minimum Gasteiger partial charge on any atom is -0.469 e. The number of unbranched alkanes of at least 4 members (excludes halogenated alkanes) is 2. The number of nitrogens with one attached hydrogen (secondary N) is 2. The lowest BCUT2D eigenvalue weighted by Crippen LogP contribution is -2.38. The maximum atomic E-state index is 13.1. The summed E-state index contributed by atoms with van der Waals surface area (Å²) in [6.07, 6.45) is 4.00. The van der Waals surface area contributed by atoms with Crippen molar-refractivity contribution in [3.05, 3.63) is 35.1 Å². The molecule has 0 heterocycles. The third-order valence-electron chi connectivity index (χ3n) is 3.87. The summed E-state index contributed by atoms with van der Waals surface area (Å²) in [6, 6.07) is 4.89. The molecule has 140 valence electrons. The first-order valence-corrected chi connectivity index (χ1v) is 8.90. The normalized spacial score (nSPS) is 11.3. The van der Waals surface area contributed by atoms with E-state index in [1.165, 1.54) is 13.2 Å². The van der Waals surface area contributed by atoms with Gasteiger partial charge in [0.15, 0.2) is 5.96 Å². The summed E-state index contributed by atoms with van der Waals surface area (Å²) in [5.74, 6) is 0.432. The molecule has 0 fully saturated rings.